The van der Waals surface area contributed by atoms with Gasteiger partial charge in [-0.25, -0.2) is 4.39 Å². The van der Waals surface area contributed by atoms with E-state index in [1.165, 1.54) is 18.5 Å². The van der Waals surface area contributed by atoms with Crippen LogP contribution in [0.1, 0.15) is 11.1 Å². The van der Waals surface area contributed by atoms with Gasteiger partial charge < -0.3 is 0 Å². The molecule has 0 saturated carbocycles. The molecule has 0 spiro atoms. The summed E-state index contributed by atoms with van der Waals surface area (Å²) in [5.41, 5.74) is 1.01. The number of aryl methyl sites for hydroxylation is 1. The highest BCUT2D eigenvalue weighted by atomic mass is 19.1. The summed E-state index contributed by atoms with van der Waals surface area (Å²) < 4.78 is 12.9. The third kappa shape index (κ3) is 1.05. The molecule has 0 saturated heterocycles. The van der Waals surface area contributed by atoms with E-state index in [0.29, 0.717) is 11.1 Å². The van der Waals surface area contributed by atoms with Gasteiger partial charge in [-0.15, -0.1) is 0 Å². The van der Waals surface area contributed by atoms with Gasteiger partial charge in [0.05, 0.1) is 0 Å². The molecular weight excluding hydrogens is 129 g/mol. The van der Waals surface area contributed by atoms with Gasteiger partial charge in [0, 0.05) is 23.5 Å². The van der Waals surface area contributed by atoms with Gasteiger partial charge in [0.15, 0.2) is 0 Å². The van der Waals surface area contributed by atoms with Crippen LogP contribution in [0.4, 0.5) is 4.39 Å². The predicted octanol–water partition coefficient (Wildman–Crippen LogP) is 2.17. The van der Waals surface area contributed by atoms with E-state index in [9.17, 15) is 4.39 Å². The average molecular weight is 137 g/mol. The summed E-state index contributed by atoms with van der Waals surface area (Å²) in [7, 11) is 0. The summed E-state index contributed by atoms with van der Waals surface area (Å²) in [6.45, 7) is 5.13. The molecule has 1 rings (SSSR count). The zero-order valence-electron chi connectivity index (χ0n) is 5.76. The summed E-state index contributed by atoms with van der Waals surface area (Å²) in [5, 5.41) is 0. The molecule has 0 aliphatic carbocycles. The first kappa shape index (κ1) is 6.93. The molecule has 2 heteroatoms. The number of hydrogen-bond donors (Lipinski definition) is 0. The van der Waals surface area contributed by atoms with Gasteiger partial charge in [-0.3, -0.25) is 4.98 Å². The van der Waals surface area contributed by atoms with Crippen LogP contribution in [0.5, 0.6) is 0 Å². The molecule has 1 aromatic heterocycles. The second kappa shape index (κ2) is 2.60. The first-order chi connectivity index (χ1) is 4.75. The predicted molar refractivity (Wildman–Crippen MR) is 39.0 cm³/mol. The standard InChI is InChI=1S/C8H8FN/c1-3-7-5-10-4-6(2)8(7)9/h3-5H,1H2,2H3. The van der Waals surface area contributed by atoms with Crippen LogP contribution >= 0.6 is 0 Å². The molecule has 1 nitrogen and oxygen atoms in total. The van der Waals surface area contributed by atoms with E-state index in [-0.39, 0.29) is 5.82 Å². The van der Waals surface area contributed by atoms with Gasteiger partial charge in [-0.2, -0.15) is 0 Å². The average Bonchev–Trinajstić information content (AvgIpc) is 1.95. The van der Waals surface area contributed by atoms with E-state index < -0.39 is 0 Å². The molecule has 10 heavy (non-hydrogen) atoms. The highest BCUT2D eigenvalue weighted by molar-refractivity contribution is 5.47. The Morgan fingerprint density at radius 2 is 2.30 bits per heavy atom. The Bertz CT molecular complexity index is 255. The van der Waals surface area contributed by atoms with Crippen molar-refractivity contribution >= 4 is 6.08 Å². The molecular formula is C8H8FN. The fraction of sp³-hybridized carbons (Fsp3) is 0.125. The molecule has 0 aliphatic heterocycles. The third-order valence-electron chi connectivity index (χ3n) is 1.30. The van der Waals surface area contributed by atoms with Crippen molar-refractivity contribution in [2.24, 2.45) is 0 Å². The van der Waals surface area contributed by atoms with Crippen molar-refractivity contribution < 1.29 is 4.39 Å². The number of halogens is 1. The second-order valence-corrected chi connectivity index (χ2v) is 2.06. The van der Waals surface area contributed by atoms with Crippen molar-refractivity contribution in [3.8, 4) is 0 Å². The van der Waals surface area contributed by atoms with Crippen molar-refractivity contribution in [1.29, 1.82) is 0 Å². The maximum absolute atomic E-state index is 12.9. The number of pyridine rings is 1. The van der Waals surface area contributed by atoms with Crippen LogP contribution in [0.25, 0.3) is 6.08 Å². The van der Waals surface area contributed by atoms with Crippen LogP contribution < -0.4 is 0 Å². The first-order valence-corrected chi connectivity index (χ1v) is 2.98. The van der Waals surface area contributed by atoms with E-state index in [1.54, 1.807) is 6.92 Å². The summed E-state index contributed by atoms with van der Waals surface area (Å²) in [6.07, 6.45) is 4.40. The Hall–Kier alpha value is -1.18. The number of nitrogens with zero attached hydrogens (tertiary/aromatic N) is 1. The lowest BCUT2D eigenvalue weighted by molar-refractivity contribution is 0.613. The molecule has 0 radical (unpaired) electrons. The molecule has 0 amide bonds. The summed E-state index contributed by atoms with van der Waals surface area (Å²) in [4.78, 5) is 3.80. The topological polar surface area (TPSA) is 12.9 Å². The van der Waals surface area contributed by atoms with Gasteiger partial charge in [0.25, 0.3) is 0 Å². The third-order valence-corrected chi connectivity index (χ3v) is 1.30. The molecule has 0 bridgehead atoms. The molecule has 0 unspecified atom stereocenters. The molecule has 1 heterocycles. The Morgan fingerprint density at radius 3 is 2.80 bits per heavy atom. The number of rotatable bonds is 1. The summed E-state index contributed by atoms with van der Waals surface area (Å²) >= 11 is 0. The Labute approximate surface area is 59.2 Å². The van der Waals surface area contributed by atoms with Crippen molar-refractivity contribution in [2.45, 2.75) is 6.92 Å². The van der Waals surface area contributed by atoms with Crippen molar-refractivity contribution in [3.05, 3.63) is 35.9 Å². The fourth-order valence-electron chi connectivity index (χ4n) is 0.713. The minimum Gasteiger partial charge on any atom is -0.264 e. The monoisotopic (exact) mass is 137 g/mol. The van der Waals surface area contributed by atoms with Crippen molar-refractivity contribution in [3.63, 3.8) is 0 Å². The number of hydrogen-bond acceptors (Lipinski definition) is 1. The van der Waals surface area contributed by atoms with Crippen molar-refractivity contribution in [2.75, 3.05) is 0 Å². The van der Waals surface area contributed by atoms with Gasteiger partial charge >= 0.3 is 0 Å². The largest absolute Gasteiger partial charge is 0.264 e. The quantitative estimate of drug-likeness (QED) is 0.578. The SMILES string of the molecule is C=Cc1cncc(C)c1F. The van der Waals surface area contributed by atoms with Crippen LogP contribution in [0, 0.1) is 12.7 Å². The van der Waals surface area contributed by atoms with Gasteiger partial charge in [0.1, 0.15) is 5.82 Å². The summed E-state index contributed by atoms with van der Waals surface area (Å²) in [5.74, 6) is -0.231. The Morgan fingerprint density at radius 1 is 1.60 bits per heavy atom. The molecule has 0 aromatic carbocycles. The van der Waals surface area contributed by atoms with Gasteiger partial charge in [-0.05, 0) is 6.92 Å². The van der Waals surface area contributed by atoms with E-state index in [1.807, 2.05) is 0 Å². The first-order valence-electron chi connectivity index (χ1n) is 2.98. The van der Waals surface area contributed by atoms with E-state index >= 15 is 0 Å². The lowest BCUT2D eigenvalue weighted by Crippen LogP contribution is -1.87. The van der Waals surface area contributed by atoms with Gasteiger partial charge in [0.2, 0.25) is 0 Å². The van der Waals surface area contributed by atoms with E-state index in [0.717, 1.165) is 0 Å². The highest BCUT2D eigenvalue weighted by Gasteiger charge is 1.99. The molecule has 0 aliphatic rings. The minimum atomic E-state index is -0.231. The van der Waals surface area contributed by atoms with Crippen LogP contribution in [0.15, 0.2) is 19.0 Å². The zero-order valence-corrected chi connectivity index (χ0v) is 5.76. The molecule has 0 atom stereocenters. The second-order valence-electron chi connectivity index (χ2n) is 2.06. The molecule has 1 aromatic rings. The lowest BCUT2D eigenvalue weighted by atomic mass is 10.2. The van der Waals surface area contributed by atoms with Gasteiger partial charge in [-0.1, -0.05) is 12.7 Å². The highest BCUT2D eigenvalue weighted by Crippen LogP contribution is 2.09. The normalized spacial score (nSPS) is 9.40. The van der Waals surface area contributed by atoms with E-state index in [2.05, 4.69) is 11.6 Å². The maximum Gasteiger partial charge on any atom is 0.136 e. The van der Waals surface area contributed by atoms with E-state index in [4.69, 9.17) is 0 Å². The maximum atomic E-state index is 12.9. The summed E-state index contributed by atoms with van der Waals surface area (Å²) in [6, 6.07) is 0. The van der Waals surface area contributed by atoms with Crippen LogP contribution in [0.3, 0.4) is 0 Å². The van der Waals surface area contributed by atoms with Crippen LogP contribution in [0.2, 0.25) is 0 Å². The zero-order chi connectivity index (χ0) is 7.56. The van der Waals surface area contributed by atoms with Crippen LogP contribution in [-0.2, 0) is 0 Å². The smallest absolute Gasteiger partial charge is 0.136 e. The molecule has 0 N–H and O–H groups in total. The molecule has 0 fully saturated rings. The lowest BCUT2D eigenvalue weighted by Gasteiger charge is -1.96. The van der Waals surface area contributed by atoms with Crippen LogP contribution in [-0.4, -0.2) is 4.98 Å². The Kier molecular flexibility index (Phi) is 1.81. The Balaban J connectivity index is 3.27. The number of aromatic nitrogens is 1. The molecule has 52 valence electrons. The van der Waals surface area contributed by atoms with Crippen molar-refractivity contribution in [1.82, 2.24) is 4.98 Å². The fourth-order valence-corrected chi connectivity index (χ4v) is 0.713. The minimum absolute atomic E-state index is 0.231.